The van der Waals surface area contributed by atoms with Gasteiger partial charge in [0.15, 0.2) is 10.5 Å². The predicted molar refractivity (Wildman–Crippen MR) is 39.5 cm³/mol. The van der Waals surface area contributed by atoms with Gasteiger partial charge in [-0.25, -0.2) is 0 Å². The first kappa shape index (κ1) is 7.38. The lowest BCUT2D eigenvalue weighted by atomic mass is 10.3. The SMILES string of the molecule is CN1CCC(Cl)(C=O)S1. The summed E-state index contributed by atoms with van der Waals surface area (Å²) < 4.78 is 1.32. The fraction of sp³-hybridized carbons (Fsp3) is 0.800. The molecule has 0 aromatic carbocycles. The second-order valence-corrected chi connectivity index (χ2v) is 4.53. The number of hydrogen-bond acceptors (Lipinski definition) is 3. The molecule has 0 amide bonds. The van der Waals surface area contributed by atoms with Gasteiger partial charge in [-0.3, -0.25) is 4.31 Å². The molecule has 1 fully saturated rings. The van der Waals surface area contributed by atoms with E-state index in [1.165, 1.54) is 11.9 Å². The molecule has 0 bridgehead atoms. The van der Waals surface area contributed by atoms with Crippen LogP contribution in [0.1, 0.15) is 6.42 Å². The fourth-order valence-corrected chi connectivity index (χ4v) is 2.10. The lowest BCUT2D eigenvalue weighted by Crippen LogP contribution is -2.13. The molecule has 1 heterocycles. The summed E-state index contributed by atoms with van der Waals surface area (Å²) in [5.41, 5.74) is 0. The monoisotopic (exact) mass is 165 g/mol. The van der Waals surface area contributed by atoms with Gasteiger partial charge in [0.1, 0.15) is 0 Å². The third-order valence-electron chi connectivity index (χ3n) is 1.25. The number of rotatable bonds is 1. The maximum Gasteiger partial charge on any atom is 0.160 e. The van der Waals surface area contributed by atoms with Crippen LogP contribution in [0.5, 0.6) is 0 Å². The molecule has 0 N–H and O–H groups in total. The maximum absolute atomic E-state index is 10.3. The third-order valence-corrected chi connectivity index (χ3v) is 2.83. The standard InChI is InChI=1S/C5H8ClNOS/c1-7-3-2-5(6,4-8)9-7/h4H,2-3H2,1H3. The second-order valence-electron chi connectivity index (χ2n) is 2.10. The van der Waals surface area contributed by atoms with Crippen molar-refractivity contribution in [3.63, 3.8) is 0 Å². The van der Waals surface area contributed by atoms with Crippen LogP contribution in [0, 0.1) is 0 Å². The Hall–Kier alpha value is 0.270. The van der Waals surface area contributed by atoms with Crippen LogP contribution in [0.3, 0.4) is 0 Å². The quantitative estimate of drug-likeness (QED) is 0.330. The molecular formula is C5H8ClNOS. The highest BCUT2D eigenvalue weighted by Gasteiger charge is 2.35. The van der Waals surface area contributed by atoms with Crippen molar-refractivity contribution in [3.8, 4) is 0 Å². The molecule has 0 saturated carbocycles. The van der Waals surface area contributed by atoms with Crippen molar-refractivity contribution < 1.29 is 4.79 Å². The molecule has 1 aliphatic heterocycles. The Labute approximate surface area is 63.7 Å². The van der Waals surface area contributed by atoms with Crippen LogP contribution in [0.4, 0.5) is 0 Å². The van der Waals surface area contributed by atoms with Crippen LogP contribution in [0.25, 0.3) is 0 Å². The molecule has 0 radical (unpaired) electrons. The Morgan fingerprint density at radius 2 is 2.56 bits per heavy atom. The zero-order chi connectivity index (χ0) is 6.91. The number of nitrogens with zero attached hydrogens (tertiary/aromatic N) is 1. The van der Waals surface area contributed by atoms with E-state index in [1.807, 2.05) is 11.4 Å². The summed E-state index contributed by atoms with van der Waals surface area (Å²) in [4.78, 5) is 10.3. The van der Waals surface area contributed by atoms with Gasteiger partial charge in [0, 0.05) is 6.54 Å². The zero-order valence-corrected chi connectivity index (χ0v) is 6.71. The largest absolute Gasteiger partial charge is 0.300 e. The van der Waals surface area contributed by atoms with Crippen LogP contribution in [0.15, 0.2) is 0 Å². The molecule has 1 rings (SSSR count). The van der Waals surface area contributed by atoms with E-state index in [-0.39, 0.29) is 0 Å². The molecule has 1 aliphatic rings. The first-order chi connectivity index (χ1) is 4.16. The van der Waals surface area contributed by atoms with Gasteiger partial charge in [0.05, 0.1) is 0 Å². The molecule has 52 valence electrons. The van der Waals surface area contributed by atoms with E-state index in [1.54, 1.807) is 0 Å². The lowest BCUT2D eigenvalue weighted by Gasteiger charge is -2.10. The van der Waals surface area contributed by atoms with Crippen molar-refractivity contribution in [2.45, 2.75) is 10.6 Å². The summed E-state index contributed by atoms with van der Waals surface area (Å²) >= 11 is 7.20. The normalized spacial score (nSPS) is 37.1. The average Bonchev–Trinajstić information content (AvgIpc) is 2.13. The van der Waals surface area contributed by atoms with Gasteiger partial charge in [-0.1, -0.05) is 11.6 Å². The van der Waals surface area contributed by atoms with Gasteiger partial charge in [-0.2, -0.15) is 0 Å². The Balaban J connectivity index is 2.54. The summed E-state index contributed by atoms with van der Waals surface area (Å²) in [6.45, 7) is 0.896. The molecule has 0 spiro atoms. The third kappa shape index (κ3) is 1.60. The molecule has 0 aromatic heterocycles. The van der Waals surface area contributed by atoms with E-state index in [0.717, 1.165) is 19.3 Å². The van der Waals surface area contributed by atoms with Crippen LogP contribution >= 0.6 is 23.5 Å². The number of hydrogen-bond donors (Lipinski definition) is 0. The van der Waals surface area contributed by atoms with Gasteiger partial charge in [0.25, 0.3) is 0 Å². The summed E-state index contributed by atoms with van der Waals surface area (Å²) in [6, 6.07) is 0. The highest BCUT2D eigenvalue weighted by molar-refractivity contribution is 8.00. The molecule has 0 aromatic rings. The number of carbonyl (C=O) groups excluding carboxylic acids is 1. The van der Waals surface area contributed by atoms with Crippen molar-refractivity contribution in [2.24, 2.45) is 0 Å². The Morgan fingerprint density at radius 3 is 2.78 bits per heavy atom. The molecule has 4 heteroatoms. The fourth-order valence-electron chi connectivity index (χ4n) is 0.741. The summed E-state index contributed by atoms with van der Waals surface area (Å²) in [5.74, 6) is 0. The predicted octanol–water partition coefficient (Wildman–Crippen LogP) is 1.10. The van der Waals surface area contributed by atoms with Crippen molar-refractivity contribution in [1.82, 2.24) is 4.31 Å². The summed E-state index contributed by atoms with van der Waals surface area (Å²) in [5, 5.41) is 0. The summed E-state index contributed by atoms with van der Waals surface area (Å²) in [7, 11) is 1.93. The van der Waals surface area contributed by atoms with E-state index in [9.17, 15) is 4.79 Å². The lowest BCUT2D eigenvalue weighted by molar-refractivity contribution is -0.108. The van der Waals surface area contributed by atoms with Crippen LogP contribution < -0.4 is 0 Å². The topological polar surface area (TPSA) is 20.3 Å². The van der Waals surface area contributed by atoms with Crippen molar-refractivity contribution >= 4 is 29.8 Å². The number of halogens is 1. The van der Waals surface area contributed by atoms with Gasteiger partial charge in [-0.15, -0.1) is 0 Å². The first-order valence-electron chi connectivity index (χ1n) is 2.72. The highest BCUT2D eigenvalue weighted by Crippen LogP contribution is 2.39. The molecule has 1 saturated heterocycles. The minimum Gasteiger partial charge on any atom is -0.300 e. The van der Waals surface area contributed by atoms with E-state index in [2.05, 4.69) is 0 Å². The molecule has 9 heavy (non-hydrogen) atoms. The van der Waals surface area contributed by atoms with Gasteiger partial charge in [-0.05, 0) is 25.4 Å². The number of aldehydes is 1. The number of alkyl halides is 1. The van der Waals surface area contributed by atoms with Gasteiger partial charge < -0.3 is 4.79 Å². The van der Waals surface area contributed by atoms with Crippen molar-refractivity contribution in [2.75, 3.05) is 13.6 Å². The van der Waals surface area contributed by atoms with E-state index in [0.29, 0.717) is 0 Å². The molecule has 0 aliphatic carbocycles. The van der Waals surface area contributed by atoms with E-state index < -0.39 is 4.21 Å². The van der Waals surface area contributed by atoms with Crippen LogP contribution in [-0.2, 0) is 4.79 Å². The minimum atomic E-state index is -0.658. The number of carbonyl (C=O) groups is 1. The van der Waals surface area contributed by atoms with E-state index in [4.69, 9.17) is 11.6 Å². The zero-order valence-electron chi connectivity index (χ0n) is 5.13. The molecular weight excluding hydrogens is 158 g/mol. The minimum absolute atomic E-state index is 0.658. The van der Waals surface area contributed by atoms with Crippen molar-refractivity contribution in [1.29, 1.82) is 0 Å². The van der Waals surface area contributed by atoms with Crippen LogP contribution in [-0.4, -0.2) is 28.4 Å². The highest BCUT2D eigenvalue weighted by atomic mass is 35.5. The molecule has 2 nitrogen and oxygen atoms in total. The Bertz CT molecular complexity index is 132. The molecule has 1 atom stereocenters. The summed E-state index contributed by atoms with van der Waals surface area (Å²) in [6.07, 6.45) is 1.56. The van der Waals surface area contributed by atoms with Crippen LogP contribution in [0.2, 0.25) is 0 Å². The molecule has 1 unspecified atom stereocenters. The van der Waals surface area contributed by atoms with Gasteiger partial charge in [0.2, 0.25) is 0 Å². The van der Waals surface area contributed by atoms with Gasteiger partial charge >= 0.3 is 0 Å². The first-order valence-corrected chi connectivity index (χ1v) is 3.87. The smallest absolute Gasteiger partial charge is 0.160 e. The van der Waals surface area contributed by atoms with Crippen molar-refractivity contribution in [3.05, 3.63) is 0 Å². The van der Waals surface area contributed by atoms with E-state index >= 15 is 0 Å². The maximum atomic E-state index is 10.3. The average molecular weight is 166 g/mol. The Morgan fingerprint density at radius 1 is 1.89 bits per heavy atom. The Kier molecular flexibility index (Phi) is 2.03. The second kappa shape index (κ2) is 2.48.